The van der Waals surface area contributed by atoms with Crippen LogP contribution in [0, 0.1) is 0 Å². The molecule has 0 radical (unpaired) electrons. The molecule has 1 N–H and O–H groups in total. The smallest absolute Gasteiger partial charge is 0.120 e. The second-order valence-corrected chi connectivity index (χ2v) is 6.30. The fraction of sp³-hybridized carbons (Fsp3) is 0.333. The van der Waals surface area contributed by atoms with Gasteiger partial charge in [-0.25, -0.2) is 0 Å². The van der Waals surface area contributed by atoms with Crippen LogP contribution in [0.1, 0.15) is 25.5 Å². The van der Waals surface area contributed by atoms with E-state index in [4.69, 9.17) is 4.74 Å². The van der Waals surface area contributed by atoms with Gasteiger partial charge in [-0.1, -0.05) is 30.3 Å². The van der Waals surface area contributed by atoms with Crippen LogP contribution in [0.25, 0.3) is 0 Å². The van der Waals surface area contributed by atoms with Crippen LogP contribution < -0.4 is 10.1 Å². The lowest BCUT2D eigenvalue weighted by molar-refractivity contribution is 0.242. The monoisotopic (exact) mass is 301 g/mol. The average Bonchev–Trinajstić information content (AvgIpc) is 2.49. The summed E-state index contributed by atoms with van der Waals surface area (Å²) in [4.78, 5) is 1.30. The summed E-state index contributed by atoms with van der Waals surface area (Å²) in [5, 5.41) is 3.39. The second kappa shape index (κ2) is 8.11. The van der Waals surface area contributed by atoms with Gasteiger partial charge in [0.05, 0.1) is 6.10 Å². The Balaban J connectivity index is 2.03. The standard InChI is InChI=1S/C18H23NOS/c1-14(2)20-16-9-7-8-15(12-16)18(19-3)13-21-17-10-5-4-6-11-17/h4-12,14,18-19H,13H2,1-3H3. The fourth-order valence-electron chi connectivity index (χ4n) is 2.12. The van der Waals surface area contributed by atoms with E-state index >= 15 is 0 Å². The van der Waals surface area contributed by atoms with Crippen molar-refractivity contribution in [3.63, 3.8) is 0 Å². The zero-order chi connectivity index (χ0) is 15.1. The SMILES string of the molecule is CNC(CSc1ccccc1)c1cccc(OC(C)C)c1. The van der Waals surface area contributed by atoms with Crippen LogP contribution >= 0.6 is 11.8 Å². The van der Waals surface area contributed by atoms with Gasteiger partial charge >= 0.3 is 0 Å². The third-order valence-electron chi connectivity index (χ3n) is 3.14. The highest BCUT2D eigenvalue weighted by Gasteiger charge is 2.11. The summed E-state index contributed by atoms with van der Waals surface area (Å²) in [5.41, 5.74) is 1.26. The van der Waals surface area contributed by atoms with Crippen LogP contribution in [0.5, 0.6) is 5.75 Å². The van der Waals surface area contributed by atoms with Gasteiger partial charge in [0.1, 0.15) is 5.75 Å². The Morgan fingerprint density at radius 2 is 1.81 bits per heavy atom. The highest BCUT2D eigenvalue weighted by Crippen LogP contribution is 2.26. The fourth-order valence-corrected chi connectivity index (χ4v) is 3.19. The molecule has 1 atom stereocenters. The van der Waals surface area contributed by atoms with E-state index in [1.165, 1.54) is 10.5 Å². The third-order valence-corrected chi connectivity index (χ3v) is 4.25. The molecular formula is C18H23NOS. The van der Waals surface area contributed by atoms with E-state index in [0.29, 0.717) is 6.04 Å². The van der Waals surface area contributed by atoms with E-state index in [-0.39, 0.29) is 6.10 Å². The molecule has 0 aliphatic heterocycles. The molecule has 1 unspecified atom stereocenters. The Morgan fingerprint density at radius 1 is 1.05 bits per heavy atom. The molecule has 0 aromatic heterocycles. The second-order valence-electron chi connectivity index (χ2n) is 5.20. The number of benzene rings is 2. The van der Waals surface area contributed by atoms with Crippen molar-refractivity contribution in [2.75, 3.05) is 12.8 Å². The molecule has 2 aromatic rings. The van der Waals surface area contributed by atoms with Crippen LogP contribution in [0.3, 0.4) is 0 Å². The van der Waals surface area contributed by atoms with Gasteiger partial charge < -0.3 is 10.1 Å². The first-order valence-corrected chi connectivity index (χ1v) is 8.29. The third kappa shape index (κ3) is 5.10. The molecule has 0 aliphatic carbocycles. The van der Waals surface area contributed by atoms with Crippen LogP contribution in [-0.4, -0.2) is 18.9 Å². The van der Waals surface area contributed by atoms with E-state index in [0.717, 1.165) is 11.5 Å². The van der Waals surface area contributed by atoms with Crippen molar-refractivity contribution in [3.05, 3.63) is 60.2 Å². The summed E-state index contributed by atoms with van der Waals surface area (Å²) in [7, 11) is 2.01. The van der Waals surface area contributed by atoms with Gasteiger partial charge in [0, 0.05) is 16.7 Å². The molecule has 112 valence electrons. The molecule has 0 bridgehead atoms. The molecule has 0 heterocycles. The maximum Gasteiger partial charge on any atom is 0.120 e. The first-order chi connectivity index (χ1) is 10.2. The van der Waals surface area contributed by atoms with Crippen molar-refractivity contribution in [2.24, 2.45) is 0 Å². The minimum atomic E-state index is 0.201. The van der Waals surface area contributed by atoms with E-state index in [2.05, 4.69) is 47.8 Å². The Labute approximate surface area is 131 Å². The molecule has 0 aliphatic rings. The van der Waals surface area contributed by atoms with Gasteiger partial charge in [-0.3, -0.25) is 0 Å². The number of hydrogen-bond donors (Lipinski definition) is 1. The van der Waals surface area contributed by atoms with Gasteiger partial charge in [-0.2, -0.15) is 0 Å². The number of thioether (sulfide) groups is 1. The molecule has 0 amide bonds. The molecule has 21 heavy (non-hydrogen) atoms. The summed E-state index contributed by atoms with van der Waals surface area (Å²) >= 11 is 1.86. The molecule has 2 rings (SSSR count). The quantitative estimate of drug-likeness (QED) is 0.759. The molecule has 0 saturated carbocycles. The molecule has 3 heteroatoms. The Kier molecular flexibility index (Phi) is 6.15. The topological polar surface area (TPSA) is 21.3 Å². The van der Waals surface area contributed by atoms with E-state index in [1.807, 2.05) is 44.8 Å². The Hall–Kier alpha value is -1.45. The van der Waals surface area contributed by atoms with E-state index in [1.54, 1.807) is 0 Å². The lowest BCUT2D eigenvalue weighted by Gasteiger charge is -2.18. The van der Waals surface area contributed by atoms with Gasteiger partial charge in [-0.05, 0) is 50.7 Å². The van der Waals surface area contributed by atoms with Crippen LogP contribution in [0.4, 0.5) is 0 Å². The first kappa shape index (κ1) is 15.9. The summed E-state index contributed by atoms with van der Waals surface area (Å²) in [6, 6.07) is 19.2. The molecule has 2 nitrogen and oxygen atoms in total. The average molecular weight is 301 g/mol. The maximum atomic E-state index is 5.78. The van der Waals surface area contributed by atoms with Crippen molar-refractivity contribution in [1.82, 2.24) is 5.32 Å². The van der Waals surface area contributed by atoms with Crippen LogP contribution in [0.15, 0.2) is 59.5 Å². The van der Waals surface area contributed by atoms with Crippen molar-refractivity contribution in [3.8, 4) is 5.75 Å². The van der Waals surface area contributed by atoms with Crippen molar-refractivity contribution in [2.45, 2.75) is 30.9 Å². The number of hydrogen-bond acceptors (Lipinski definition) is 3. The minimum absolute atomic E-state index is 0.201. The van der Waals surface area contributed by atoms with Crippen molar-refractivity contribution in [1.29, 1.82) is 0 Å². The van der Waals surface area contributed by atoms with Crippen molar-refractivity contribution >= 4 is 11.8 Å². The lowest BCUT2D eigenvalue weighted by atomic mass is 10.1. The van der Waals surface area contributed by atoms with E-state index < -0.39 is 0 Å². The summed E-state index contributed by atoms with van der Waals surface area (Å²) in [6.45, 7) is 4.10. The lowest BCUT2D eigenvalue weighted by Crippen LogP contribution is -2.19. The zero-order valence-corrected chi connectivity index (χ0v) is 13.7. The Morgan fingerprint density at radius 3 is 2.48 bits per heavy atom. The van der Waals surface area contributed by atoms with Crippen molar-refractivity contribution < 1.29 is 4.74 Å². The predicted octanol–water partition coefficient (Wildman–Crippen LogP) is 4.53. The summed E-state index contributed by atoms with van der Waals surface area (Å²) in [5.74, 6) is 1.93. The normalized spacial score (nSPS) is 12.4. The number of rotatable bonds is 7. The maximum absolute atomic E-state index is 5.78. The molecular weight excluding hydrogens is 278 g/mol. The molecule has 2 aromatic carbocycles. The number of ether oxygens (including phenoxy) is 1. The van der Waals surface area contributed by atoms with Crippen LogP contribution in [-0.2, 0) is 0 Å². The van der Waals surface area contributed by atoms with Gasteiger partial charge in [-0.15, -0.1) is 11.8 Å². The molecule has 0 saturated heterocycles. The van der Waals surface area contributed by atoms with Gasteiger partial charge in [0.15, 0.2) is 0 Å². The van der Waals surface area contributed by atoms with Crippen LogP contribution in [0.2, 0.25) is 0 Å². The van der Waals surface area contributed by atoms with E-state index in [9.17, 15) is 0 Å². The molecule has 0 fully saturated rings. The number of nitrogens with one attached hydrogen (secondary N) is 1. The van der Waals surface area contributed by atoms with Gasteiger partial charge in [0.25, 0.3) is 0 Å². The summed E-state index contributed by atoms with van der Waals surface area (Å²) < 4.78 is 5.78. The first-order valence-electron chi connectivity index (χ1n) is 7.30. The Bertz CT molecular complexity index is 542. The summed E-state index contributed by atoms with van der Waals surface area (Å²) in [6.07, 6.45) is 0.201. The predicted molar refractivity (Wildman–Crippen MR) is 91.2 cm³/mol. The van der Waals surface area contributed by atoms with Gasteiger partial charge in [0.2, 0.25) is 0 Å². The zero-order valence-electron chi connectivity index (χ0n) is 12.9. The molecule has 0 spiro atoms. The largest absolute Gasteiger partial charge is 0.491 e. The minimum Gasteiger partial charge on any atom is -0.491 e. The highest BCUT2D eigenvalue weighted by atomic mass is 32.2. The highest BCUT2D eigenvalue weighted by molar-refractivity contribution is 7.99.